The summed E-state index contributed by atoms with van der Waals surface area (Å²) in [5, 5.41) is 2.39. The highest BCUT2D eigenvalue weighted by molar-refractivity contribution is 8.45. The molecule has 8 nitrogen and oxygen atoms in total. The minimum Gasteiger partial charge on any atom is -0.744 e. The van der Waals surface area contributed by atoms with Gasteiger partial charge < -0.3 is 14.6 Å². The van der Waals surface area contributed by atoms with E-state index >= 15 is 0 Å². The van der Waals surface area contributed by atoms with Crippen molar-refractivity contribution in [2.24, 2.45) is 0 Å². The second kappa shape index (κ2) is 12.5. The molecular weight excluding hydrogens is 686 g/mol. The van der Waals surface area contributed by atoms with Crippen LogP contribution in [0.15, 0.2) is 64.5 Å². The molecule has 0 aliphatic heterocycles. The Labute approximate surface area is 263 Å². The number of anilines is 2. The fourth-order valence-corrected chi connectivity index (χ4v) is 6.79. The quantitative estimate of drug-likeness (QED) is 0.148. The Morgan fingerprint density at radius 1 is 0.978 bits per heavy atom. The maximum Gasteiger partial charge on any atom is 0.310 e. The van der Waals surface area contributed by atoms with Crippen LogP contribution in [0.3, 0.4) is 0 Å². The number of nitrogens with zero attached hydrogens (tertiary/aromatic N) is 2. The van der Waals surface area contributed by atoms with Crippen molar-refractivity contribution in [1.29, 1.82) is 0 Å². The molecule has 3 aromatic carbocycles. The minimum atomic E-state index is -10.0. The van der Waals surface area contributed by atoms with Gasteiger partial charge in [-0.15, -0.1) is 0 Å². The maximum atomic E-state index is 14.4. The van der Waals surface area contributed by atoms with Gasteiger partial charge in [-0.1, -0.05) is 37.1 Å². The number of aryl methyl sites for hydroxylation is 3. The molecule has 1 unspecified atom stereocenters. The summed E-state index contributed by atoms with van der Waals surface area (Å²) < 4.78 is 138. The zero-order valence-corrected chi connectivity index (χ0v) is 27.3. The van der Waals surface area contributed by atoms with Gasteiger partial charge in [0.25, 0.3) is 0 Å². The number of methoxy groups -OCH3 is 1. The Bertz CT molecular complexity index is 1920. The number of nitrogens with two attached hydrogens (primary N) is 1. The number of hydrogen-bond donors (Lipinski definition) is 2. The Morgan fingerprint density at radius 3 is 2.11 bits per heavy atom. The molecule has 0 fully saturated rings. The van der Waals surface area contributed by atoms with Gasteiger partial charge in [0.1, 0.15) is 32.3 Å². The molecule has 252 valence electrons. The van der Waals surface area contributed by atoms with Gasteiger partial charge in [-0.25, -0.2) is 31.9 Å². The number of halogens is 7. The van der Waals surface area contributed by atoms with E-state index in [2.05, 4.69) is 15.3 Å². The van der Waals surface area contributed by atoms with E-state index in [1.54, 1.807) is 26.0 Å². The maximum absolute atomic E-state index is 14.4. The third kappa shape index (κ3) is 9.63. The van der Waals surface area contributed by atoms with Gasteiger partial charge in [0.15, 0.2) is 5.82 Å². The van der Waals surface area contributed by atoms with Crippen LogP contribution in [-0.2, 0) is 26.6 Å². The third-order valence-corrected chi connectivity index (χ3v) is 9.14. The highest BCUT2D eigenvalue weighted by Crippen LogP contribution is 3.02. The van der Waals surface area contributed by atoms with Gasteiger partial charge in [-0.3, -0.25) is 0 Å². The van der Waals surface area contributed by atoms with Crippen molar-refractivity contribution in [1.82, 2.24) is 9.97 Å². The van der Waals surface area contributed by atoms with E-state index in [9.17, 15) is 41.2 Å². The molecule has 4 aromatic rings. The first-order valence-electron chi connectivity index (χ1n) is 12.8. The Balaban J connectivity index is 0.000000370. The fourth-order valence-electron chi connectivity index (χ4n) is 4.47. The first-order chi connectivity index (χ1) is 20.9. The Morgan fingerprint density at radius 2 is 1.59 bits per heavy atom. The van der Waals surface area contributed by atoms with E-state index in [1.165, 1.54) is 25.5 Å². The lowest BCUT2D eigenvalue weighted by atomic mass is 10.1. The predicted octanol–water partition coefficient (Wildman–Crippen LogP) is 7.04. The molecule has 0 spiro atoms. The number of nitrogens with one attached hydrogen (secondary N) is 1. The predicted molar refractivity (Wildman–Crippen MR) is 163 cm³/mol. The molecule has 0 aliphatic carbocycles. The van der Waals surface area contributed by atoms with Crippen LogP contribution in [0.4, 0.5) is 39.8 Å². The molecule has 0 bridgehead atoms. The Kier molecular flexibility index (Phi) is 9.95. The van der Waals surface area contributed by atoms with E-state index < -0.39 is 53.3 Å². The van der Waals surface area contributed by atoms with Crippen LogP contribution in [0, 0.1) is 32.4 Å². The average Bonchev–Trinajstić information content (AvgIpc) is 2.87. The lowest BCUT2D eigenvalue weighted by molar-refractivity contribution is -0.0751. The number of rotatable bonds is 8. The zero-order chi connectivity index (χ0) is 34.9. The first kappa shape index (κ1) is 36.7. The summed E-state index contributed by atoms with van der Waals surface area (Å²) in [5.74, 6) is -2.10. The molecule has 18 heteroatoms. The highest BCUT2D eigenvalue weighted by atomic mass is 32.5. The normalized spacial score (nSPS) is 13.9. The molecule has 0 radical (unpaired) electrons. The van der Waals surface area contributed by atoms with E-state index in [0.717, 1.165) is 23.9 Å². The second-order valence-corrected chi connectivity index (χ2v) is 15.6. The van der Waals surface area contributed by atoms with Crippen molar-refractivity contribution in [3.63, 3.8) is 0 Å². The number of hydrogen-bond acceptors (Lipinski definition) is 7. The smallest absolute Gasteiger partial charge is 0.310 e. The van der Waals surface area contributed by atoms with Crippen LogP contribution in [-0.4, -0.2) is 36.3 Å². The van der Waals surface area contributed by atoms with Crippen LogP contribution in [0.5, 0.6) is 5.75 Å². The molecule has 0 saturated carbocycles. The van der Waals surface area contributed by atoms with Gasteiger partial charge in [-0.05, 0) is 67.8 Å². The molecule has 1 aromatic heterocycles. The molecule has 1 heterocycles. The fraction of sp³-hybridized carbons (Fsp3) is 0.214. The second-order valence-electron chi connectivity index (χ2n) is 10.2. The third-order valence-electron chi connectivity index (χ3n) is 6.08. The van der Waals surface area contributed by atoms with Crippen LogP contribution >= 0.6 is 10.2 Å². The van der Waals surface area contributed by atoms with Crippen molar-refractivity contribution < 1.29 is 50.7 Å². The number of benzene rings is 3. The average molecular weight is 715 g/mol. The summed E-state index contributed by atoms with van der Waals surface area (Å²) in [6, 6.07) is 8.36. The van der Waals surface area contributed by atoms with Gasteiger partial charge in [-0.2, -0.15) is 0 Å². The summed E-state index contributed by atoms with van der Waals surface area (Å²) in [7, 11) is -14.0. The topological polar surface area (TPSA) is 130 Å². The SMILES string of the molecule is COc1cc(F)ccc1-c1nc(Nc2cc(CS(C)=[NH2+])cc(S(F)(F)(F)(F)F)c2)ncc1F.Cc1cc(C)c(S(=O)(=O)[O-])c(C)c1. The van der Waals surface area contributed by atoms with Crippen molar-refractivity contribution in [3.05, 3.63) is 88.6 Å². The minimum absolute atomic E-state index is 0.0430. The molecule has 0 saturated heterocycles. The van der Waals surface area contributed by atoms with E-state index in [-0.39, 0.29) is 45.2 Å². The van der Waals surface area contributed by atoms with Crippen molar-refractivity contribution in [2.45, 2.75) is 36.3 Å². The Hall–Kier alpha value is -3.74. The van der Waals surface area contributed by atoms with Gasteiger partial charge in [0.2, 0.25) is 5.95 Å². The largest absolute Gasteiger partial charge is 0.744 e. The summed E-state index contributed by atoms with van der Waals surface area (Å²) >= 11 is 0. The van der Waals surface area contributed by atoms with Gasteiger partial charge >= 0.3 is 10.2 Å². The summed E-state index contributed by atoms with van der Waals surface area (Å²) in [6.45, 7) is 5.12. The molecule has 0 aliphatic rings. The molecule has 46 heavy (non-hydrogen) atoms. The van der Waals surface area contributed by atoms with Crippen molar-refractivity contribution in [3.8, 4) is 17.0 Å². The van der Waals surface area contributed by atoms with E-state index in [0.29, 0.717) is 17.2 Å². The summed E-state index contributed by atoms with van der Waals surface area (Å²) in [4.78, 5) is 5.37. The number of ether oxygens (including phenoxy) is 1. The van der Waals surface area contributed by atoms with Crippen LogP contribution < -0.4 is 14.8 Å². The van der Waals surface area contributed by atoms with Crippen LogP contribution in [0.2, 0.25) is 0 Å². The molecular formula is C28H29F7N4O4S3. The van der Waals surface area contributed by atoms with Crippen LogP contribution in [0.25, 0.3) is 11.3 Å². The van der Waals surface area contributed by atoms with E-state index in [4.69, 9.17) is 9.52 Å². The first-order valence-corrected chi connectivity index (χ1v) is 18.0. The summed E-state index contributed by atoms with van der Waals surface area (Å²) in [6.07, 6.45) is 2.26. The van der Waals surface area contributed by atoms with Crippen molar-refractivity contribution in [2.75, 3.05) is 18.7 Å². The summed E-state index contributed by atoms with van der Waals surface area (Å²) in [5.41, 5.74) is 1.22. The van der Waals surface area contributed by atoms with E-state index in [1.807, 2.05) is 6.92 Å². The lowest BCUT2D eigenvalue weighted by Gasteiger charge is -2.41. The van der Waals surface area contributed by atoms with Crippen molar-refractivity contribution >= 4 is 42.7 Å². The molecule has 4 rings (SSSR count). The highest BCUT2D eigenvalue weighted by Gasteiger charge is 2.65. The zero-order valence-electron chi connectivity index (χ0n) is 24.9. The van der Waals surface area contributed by atoms with Crippen LogP contribution in [0.1, 0.15) is 22.3 Å². The lowest BCUT2D eigenvalue weighted by Crippen LogP contribution is -2.34. The van der Waals surface area contributed by atoms with Gasteiger partial charge in [0.05, 0.1) is 24.0 Å². The van der Waals surface area contributed by atoms with Gasteiger partial charge in [0, 0.05) is 34.3 Å². The molecule has 3 N–H and O–H groups in total. The monoisotopic (exact) mass is 714 g/mol. The molecule has 0 amide bonds. The standard InChI is InChI=1S/C19H17F7N4OS2.C9H12O3S/c1-31-17-7-12(20)3-4-15(17)18-16(21)9-28-19(30-18)29-13-5-11(10-32(2)27)6-14(8-13)33(22,23,24,25)26;1-6-4-7(2)9(8(3)5-6)13(10,11)12/h3-9,27H,10H2,1-2H3,(H,28,29,30);4-5H,1-3H3,(H,10,11,12). The number of aromatic nitrogens is 2. The molecule has 1 atom stereocenters.